The average molecular weight is 256 g/mol. The van der Waals surface area contributed by atoms with Crippen molar-refractivity contribution in [1.29, 1.82) is 0 Å². The van der Waals surface area contributed by atoms with E-state index in [1.54, 1.807) is 18.5 Å². The number of hydrogen-bond acceptors (Lipinski definition) is 4. The number of alkyl halides is 2. The van der Waals surface area contributed by atoms with E-state index in [4.69, 9.17) is 0 Å². The first-order valence-corrected chi connectivity index (χ1v) is 5.77. The van der Waals surface area contributed by atoms with Crippen molar-refractivity contribution in [3.63, 3.8) is 0 Å². The van der Waals surface area contributed by atoms with Crippen LogP contribution >= 0.6 is 0 Å². The summed E-state index contributed by atoms with van der Waals surface area (Å²) >= 11 is 0. The second-order valence-corrected chi connectivity index (χ2v) is 4.14. The molecule has 0 spiro atoms. The van der Waals surface area contributed by atoms with Crippen molar-refractivity contribution in [2.75, 3.05) is 18.0 Å². The van der Waals surface area contributed by atoms with Gasteiger partial charge in [-0.2, -0.15) is 8.78 Å². The molecule has 1 saturated heterocycles. The molecule has 1 atom stereocenters. The number of nitrogens with zero attached hydrogens (tertiary/aromatic N) is 3. The molecule has 0 bridgehead atoms. The zero-order chi connectivity index (χ0) is 13.0. The lowest BCUT2D eigenvalue weighted by molar-refractivity contribution is -0.132. The average Bonchev–Trinajstić information content (AvgIpc) is 2.40. The third-order valence-corrected chi connectivity index (χ3v) is 2.80. The van der Waals surface area contributed by atoms with Crippen LogP contribution < -0.4 is 10.2 Å². The van der Waals surface area contributed by atoms with Crippen molar-refractivity contribution in [3.05, 3.63) is 18.5 Å². The first-order chi connectivity index (χ1) is 8.66. The maximum Gasteiger partial charge on any atom is 0.315 e. The van der Waals surface area contributed by atoms with E-state index in [0.717, 1.165) is 13.0 Å². The van der Waals surface area contributed by atoms with Crippen molar-refractivity contribution in [2.24, 2.45) is 0 Å². The summed E-state index contributed by atoms with van der Waals surface area (Å²) in [5, 5.41) is 2.33. The number of rotatable bonds is 3. The molecule has 2 rings (SSSR count). The van der Waals surface area contributed by atoms with Crippen LogP contribution in [0.1, 0.15) is 12.8 Å². The molecule has 1 aromatic heterocycles. The maximum atomic E-state index is 12.2. The molecule has 7 heteroatoms. The summed E-state index contributed by atoms with van der Waals surface area (Å²) in [5.74, 6) is -0.649. The Morgan fingerprint density at radius 2 is 2.17 bits per heavy atom. The molecule has 0 saturated carbocycles. The van der Waals surface area contributed by atoms with Crippen LogP contribution in [-0.2, 0) is 4.79 Å². The number of halogens is 2. The van der Waals surface area contributed by atoms with E-state index in [2.05, 4.69) is 15.3 Å². The monoisotopic (exact) mass is 256 g/mol. The molecule has 1 N–H and O–H groups in total. The maximum absolute atomic E-state index is 12.2. The predicted octanol–water partition coefficient (Wildman–Crippen LogP) is 0.827. The minimum atomic E-state index is -2.96. The van der Waals surface area contributed by atoms with Gasteiger partial charge in [0.1, 0.15) is 0 Å². The molecule has 1 amide bonds. The van der Waals surface area contributed by atoms with Crippen molar-refractivity contribution < 1.29 is 13.6 Å². The Morgan fingerprint density at radius 1 is 1.44 bits per heavy atom. The zero-order valence-corrected chi connectivity index (χ0v) is 9.72. The molecule has 0 aromatic carbocycles. The summed E-state index contributed by atoms with van der Waals surface area (Å²) in [6.07, 6.45) is 1.80. The minimum absolute atomic E-state index is 0.274. The van der Waals surface area contributed by atoms with Gasteiger partial charge < -0.3 is 10.2 Å². The molecule has 1 aromatic rings. The summed E-state index contributed by atoms with van der Waals surface area (Å²) in [4.78, 5) is 21.0. The fourth-order valence-corrected chi connectivity index (χ4v) is 2.00. The molecule has 1 aliphatic heterocycles. The number of carbonyl (C=O) groups is 1. The van der Waals surface area contributed by atoms with Gasteiger partial charge in [-0.1, -0.05) is 0 Å². The quantitative estimate of drug-likeness (QED) is 0.870. The van der Waals surface area contributed by atoms with Crippen LogP contribution in [0.25, 0.3) is 0 Å². The Morgan fingerprint density at radius 3 is 2.83 bits per heavy atom. The summed E-state index contributed by atoms with van der Waals surface area (Å²) in [6.45, 7) is 1.23. The van der Waals surface area contributed by atoms with Gasteiger partial charge in [-0.3, -0.25) is 4.79 Å². The lowest BCUT2D eigenvalue weighted by atomic mass is 10.1. The van der Waals surface area contributed by atoms with Crippen molar-refractivity contribution in [1.82, 2.24) is 15.3 Å². The second-order valence-electron chi connectivity index (χ2n) is 4.14. The molecule has 0 radical (unpaired) electrons. The van der Waals surface area contributed by atoms with E-state index in [1.165, 1.54) is 0 Å². The Balaban J connectivity index is 1.95. The predicted molar refractivity (Wildman–Crippen MR) is 61.4 cm³/mol. The van der Waals surface area contributed by atoms with Gasteiger partial charge in [0.2, 0.25) is 5.95 Å². The van der Waals surface area contributed by atoms with E-state index < -0.39 is 12.3 Å². The molecule has 1 unspecified atom stereocenters. The van der Waals surface area contributed by atoms with Gasteiger partial charge >= 0.3 is 6.43 Å². The zero-order valence-electron chi connectivity index (χ0n) is 9.72. The summed E-state index contributed by atoms with van der Waals surface area (Å²) in [6, 6.07) is 1.44. The molecule has 18 heavy (non-hydrogen) atoms. The molecule has 1 aliphatic rings. The largest absolute Gasteiger partial charge is 0.347 e. The Labute approximate surface area is 103 Å². The van der Waals surface area contributed by atoms with E-state index in [0.29, 0.717) is 18.9 Å². The van der Waals surface area contributed by atoms with Gasteiger partial charge in [-0.15, -0.1) is 0 Å². The molecule has 1 fully saturated rings. The van der Waals surface area contributed by atoms with Crippen LogP contribution in [0.5, 0.6) is 0 Å². The van der Waals surface area contributed by atoms with Crippen molar-refractivity contribution >= 4 is 11.9 Å². The van der Waals surface area contributed by atoms with Gasteiger partial charge in [0.15, 0.2) is 0 Å². The molecule has 98 valence electrons. The number of hydrogen-bond donors (Lipinski definition) is 1. The van der Waals surface area contributed by atoms with Gasteiger partial charge in [0.25, 0.3) is 5.91 Å². The highest BCUT2D eigenvalue weighted by Gasteiger charge is 2.25. The van der Waals surface area contributed by atoms with Crippen molar-refractivity contribution in [2.45, 2.75) is 25.3 Å². The minimum Gasteiger partial charge on any atom is -0.347 e. The fourth-order valence-electron chi connectivity index (χ4n) is 2.00. The van der Waals surface area contributed by atoms with Crippen LogP contribution in [0.4, 0.5) is 14.7 Å². The SMILES string of the molecule is O=C(NC1CCCN(c2ncccn2)C1)C(F)F. The molecule has 5 nitrogen and oxygen atoms in total. The molecular weight excluding hydrogens is 242 g/mol. The highest BCUT2D eigenvalue weighted by molar-refractivity contribution is 5.79. The molecule has 2 heterocycles. The van der Waals surface area contributed by atoms with Crippen LogP contribution in [0.3, 0.4) is 0 Å². The summed E-state index contributed by atoms with van der Waals surface area (Å²) in [5.41, 5.74) is 0. The van der Waals surface area contributed by atoms with E-state index in [1.807, 2.05) is 4.90 Å². The Bertz CT molecular complexity index is 401. The fraction of sp³-hybridized carbons (Fsp3) is 0.545. The number of amides is 1. The topological polar surface area (TPSA) is 58.1 Å². The van der Waals surface area contributed by atoms with Crippen LogP contribution in [-0.4, -0.2) is 41.4 Å². The lowest BCUT2D eigenvalue weighted by Gasteiger charge is -2.32. The highest BCUT2D eigenvalue weighted by atomic mass is 19.3. The smallest absolute Gasteiger partial charge is 0.315 e. The normalized spacial score (nSPS) is 19.9. The van der Waals surface area contributed by atoms with Crippen LogP contribution in [0, 0.1) is 0 Å². The van der Waals surface area contributed by atoms with Crippen LogP contribution in [0.2, 0.25) is 0 Å². The van der Waals surface area contributed by atoms with Gasteiger partial charge in [0.05, 0.1) is 0 Å². The Kier molecular flexibility index (Phi) is 4.01. The summed E-state index contributed by atoms with van der Waals surface area (Å²) in [7, 11) is 0. The standard InChI is InChI=1S/C11H14F2N4O/c12-9(13)10(18)16-8-3-1-6-17(7-8)11-14-4-2-5-15-11/h2,4-5,8-9H,1,3,6-7H2,(H,16,18). The number of carbonyl (C=O) groups excluding carboxylic acids is 1. The van der Waals surface area contributed by atoms with E-state index in [-0.39, 0.29) is 6.04 Å². The van der Waals surface area contributed by atoms with E-state index >= 15 is 0 Å². The Hall–Kier alpha value is -1.79. The number of piperidine rings is 1. The number of nitrogens with one attached hydrogen (secondary N) is 1. The van der Waals surface area contributed by atoms with Gasteiger partial charge in [-0.05, 0) is 18.9 Å². The second kappa shape index (κ2) is 5.70. The van der Waals surface area contributed by atoms with Crippen LogP contribution in [0.15, 0.2) is 18.5 Å². The van der Waals surface area contributed by atoms with Gasteiger partial charge in [-0.25, -0.2) is 9.97 Å². The molecular formula is C11H14F2N4O. The highest BCUT2D eigenvalue weighted by Crippen LogP contribution is 2.15. The lowest BCUT2D eigenvalue weighted by Crippen LogP contribution is -2.49. The van der Waals surface area contributed by atoms with Gasteiger partial charge in [0, 0.05) is 31.5 Å². The third kappa shape index (κ3) is 3.12. The first kappa shape index (κ1) is 12.7. The van der Waals surface area contributed by atoms with Crippen molar-refractivity contribution in [3.8, 4) is 0 Å². The molecule has 0 aliphatic carbocycles. The van der Waals surface area contributed by atoms with E-state index in [9.17, 15) is 13.6 Å². The summed E-state index contributed by atoms with van der Waals surface area (Å²) < 4.78 is 24.3. The first-order valence-electron chi connectivity index (χ1n) is 5.77. The number of aromatic nitrogens is 2. The number of anilines is 1. The third-order valence-electron chi connectivity index (χ3n) is 2.80.